The van der Waals surface area contributed by atoms with Gasteiger partial charge in [0.05, 0.1) is 0 Å². The van der Waals surface area contributed by atoms with Crippen molar-refractivity contribution in [3.05, 3.63) is 80.2 Å². The topological polar surface area (TPSA) is 85.6 Å². The van der Waals surface area contributed by atoms with Crippen molar-refractivity contribution in [2.45, 2.75) is 20.0 Å². The highest BCUT2D eigenvalue weighted by atomic mass is 35.5. The lowest BCUT2D eigenvalue weighted by atomic mass is 10.2. The van der Waals surface area contributed by atoms with E-state index < -0.39 is 11.2 Å². The molecule has 0 spiro atoms. The molecule has 0 aliphatic rings. The highest BCUT2D eigenvalue weighted by Crippen LogP contribution is 2.24. The van der Waals surface area contributed by atoms with Crippen molar-refractivity contribution in [2.24, 2.45) is 0 Å². The standard InChI is InChI=1S/C19H16ClN5O2/c1-2-24-17-15(18(26)23-19(24)27)25(11-12-6-4-3-5-7-12)16(22-17)13-8-9-14(20)21-10-13/h3-10H,2,11H2,1H3,(H,23,26,27). The molecule has 0 aliphatic carbocycles. The Labute approximate surface area is 158 Å². The van der Waals surface area contributed by atoms with Crippen molar-refractivity contribution in [1.82, 2.24) is 24.1 Å². The molecular formula is C19H16ClN5O2. The minimum atomic E-state index is -0.472. The third-order valence-corrected chi connectivity index (χ3v) is 4.59. The molecule has 0 radical (unpaired) electrons. The zero-order valence-electron chi connectivity index (χ0n) is 14.5. The van der Waals surface area contributed by atoms with E-state index in [0.717, 1.165) is 5.56 Å². The van der Waals surface area contributed by atoms with Gasteiger partial charge in [0, 0.05) is 24.8 Å². The maximum absolute atomic E-state index is 12.6. The summed E-state index contributed by atoms with van der Waals surface area (Å²) >= 11 is 5.90. The molecule has 0 saturated heterocycles. The Bertz CT molecular complexity index is 1220. The maximum atomic E-state index is 12.6. The summed E-state index contributed by atoms with van der Waals surface area (Å²) in [5.74, 6) is 0.552. The zero-order valence-corrected chi connectivity index (χ0v) is 15.3. The molecule has 0 aliphatic heterocycles. The predicted molar refractivity (Wildman–Crippen MR) is 104 cm³/mol. The SMILES string of the molecule is CCn1c(=O)[nH]c(=O)c2c1nc(-c1ccc(Cl)nc1)n2Cc1ccccc1. The van der Waals surface area contributed by atoms with E-state index >= 15 is 0 Å². The Morgan fingerprint density at radius 3 is 2.52 bits per heavy atom. The van der Waals surface area contributed by atoms with Crippen LogP contribution >= 0.6 is 11.6 Å². The van der Waals surface area contributed by atoms with Crippen LogP contribution in [-0.2, 0) is 13.1 Å². The Morgan fingerprint density at radius 1 is 1.07 bits per heavy atom. The summed E-state index contributed by atoms with van der Waals surface area (Å²) in [5.41, 5.74) is 1.49. The van der Waals surface area contributed by atoms with Gasteiger partial charge in [-0.25, -0.2) is 14.8 Å². The van der Waals surface area contributed by atoms with Gasteiger partial charge in [0.25, 0.3) is 5.56 Å². The molecule has 136 valence electrons. The van der Waals surface area contributed by atoms with Crippen LogP contribution in [-0.4, -0.2) is 24.1 Å². The summed E-state index contributed by atoms with van der Waals surface area (Å²) in [6.45, 7) is 2.66. The first-order valence-electron chi connectivity index (χ1n) is 8.47. The molecule has 0 unspecified atom stereocenters. The number of hydrogen-bond donors (Lipinski definition) is 1. The van der Waals surface area contributed by atoms with Crippen molar-refractivity contribution in [1.29, 1.82) is 0 Å². The lowest BCUT2D eigenvalue weighted by Gasteiger charge is -2.09. The van der Waals surface area contributed by atoms with Crippen LogP contribution in [0.15, 0.2) is 58.3 Å². The fourth-order valence-corrected chi connectivity index (χ4v) is 3.23. The molecule has 3 heterocycles. The Hall–Kier alpha value is -3.19. The molecule has 0 amide bonds. The number of aromatic nitrogens is 5. The van der Waals surface area contributed by atoms with Crippen molar-refractivity contribution in [3.8, 4) is 11.4 Å². The lowest BCUT2D eigenvalue weighted by Crippen LogP contribution is -2.30. The minimum Gasteiger partial charge on any atom is -0.314 e. The number of nitrogens with one attached hydrogen (secondary N) is 1. The maximum Gasteiger partial charge on any atom is 0.330 e. The molecule has 27 heavy (non-hydrogen) atoms. The summed E-state index contributed by atoms with van der Waals surface area (Å²) in [6, 6.07) is 13.2. The van der Waals surface area contributed by atoms with Gasteiger partial charge in [-0.3, -0.25) is 14.3 Å². The van der Waals surface area contributed by atoms with E-state index in [9.17, 15) is 9.59 Å². The van der Waals surface area contributed by atoms with Crippen LogP contribution in [0.25, 0.3) is 22.6 Å². The van der Waals surface area contributed by atoms with Crippen LogP contribution in [0.3, 0.4) is 0 Å². The van der Waals surface area contributed by atoms with Gasteiger partial charge in [0.15, 0.2) is 11.2 Å². The summed E-state index contributed by atoms with van der Waals surface area (Å²) in [4.78, 5) is 35.9. The molecule has 1 N–H and O–H groups in total. The third kappa shape index (κ3) is 3.06. The van der Waals surface area contributed by atoms with Gasteiger partial charge in [-0.1, -0.05) is 41.9 Å². The Balaban J connectivity index is 2.04. The average Bonchev–Trinajstić information content (AvgIpc) is 3.03. The van der Waals surface area contributed by atoms with Crippen molar-refractivity contribution < 1.29 is 0 Å². The number of fused-ring (bicyclic) bond motifs is 1. The van der Waals surface area contributed by atoms with E-state index in [-0.39, 0.29) is 0 Å². The number of aromatic amines is 1. The molecular weight excluding hydrogens is 366 g/mol. The first-order chi connectivity index (χ1) is 13.1. The van der Waals surface area contributed by atoms with Gasteiger partial charge in [0.2, 0.25) is 0 Å². The van der Waals surface area contributed by atoms with Crippen molar-refractivity contribution >= 4 is 22.8 Å². The molecule has 4 aromatic rings. The molecule has 0 fully saturated rings. The second kappa shape index (κ2) is 6.85. The van der Waals surface area contributed by atoms with E-state index in [0.29, 0.717) is 40.8 Å². The van der Waals surface area contributed by atoms with Crippen LogP contribution in [0.2, 0.25) is 5.15 Å². The number of halogens is 1. The summed E-state index contributed by atoms with van der Waals surface area (Å²) in [7, 11) is 0. The summed E-state index contributed by atoms with van der Waals surface area (Å²) < 4.78 is 3.26. The average molecular weight is 382 g/mol. The minimum absolute atomic E-state index is 0.352. The molecule has 0 saturated carbocycles. The molecule has 3 aromatic heterocycles. The van der Waals surface area contributed by atoms with Gasteiger partial charge >= 0.3 is 5.69 Å². The smallest absolute Gasteiger partial charge is 0.314 e. The fourth-order valence-electron chi connectivity index (χ4n) is 3.11. The first-order valence-corrected chi connectivity index (χ1v) is 8.85. The summed E-state index contributed by atoms with van der Waals surface area (Å²) in [6.07, 6.45) is 1.60. The summed E-state index contributed by atoms with van der Waals surface area (Å²) in [5, 5.41) is 0.368. The molecule has 7 nitrogen and oxygen atoms in total. The lowest BCUT2D eigenvalue weighted by molar-refractivity contribution is 0.717. The van der Waals surface area contributed by atoms with Crippen LogP contribution in [0.4, 0.5) is 0 Å². The monoisotopic (exact) mass is 381 g/mol. The van der Waals surface area contributed by atoms with E-state index in [1.54, 1.807) is 22.9 Å². The first kappa shape index (κ1) is 17.2. The highest BCUT2D eigenvalue weighted by Gasteiger charge is 2.19. The number of pyridine rings is 1. The van der Waals surface area contributed by atoms with Gasteiger partial charge in [-0.15, -0.1) is 0 Å². The van der Waals surface area contributed by atoms with Crippen LogP contribution in [0, 0.1) is 0 Å². The number of nitrogens with zero attached hydrogens (tertiary/aromatic N) is 4. The van der Waals surface area contributed by atoms with Gasteiger partial charge in [0.1, 0.15) is 11.0 Å². The fraction of sp³-hybridized carbons (Fsp3) is 0.158. The number of hydrogen-bond acceptors (Lipinski definition) is 4. The molecule has 0 bridgehead atoms. The predicted octanol–water partition coefficient (Wildman–Crippen LogP) is 2.67. The van der Waals surface area contributed by atoms with Crippen molar-refractivity contribution in [2.75, 3.05) is 0 Å². The molecule has 0 atom stereocenters. The molecule has 8 heteroatoms. The molecule has 1 aromatic carbocycles. The van der Waals surface area contributed by atoms with Crippen molar-refractivity contribution in [3.63, 3.8) is 0 Å². The van der Waals surface area contributed by atoms with E-state index in [1.165, 1.54) is 4.57 Å². The quantitative estimate of drug-likeness (QED) is 0.551. The molecule has 4 rings (SSSR count). The van der Waals surface area contributed by atoms with Crippen LogP contribution in [0.1, 0.15) is 12.5 Å². The number of benzene rings is 1. The highest BCUT2D eigenvalue weighted by molar-refractivity contribution is 6.29. The second-order valence-corrected chi connectivity index (χ2v) is 6.44. The van der Waals surface area contributed by atoms with Crippen LogP contribution < -0.4 is 11.2 Å². The normalized spacial score (nSPS) is 11.2. The Kier molecular flexibility index (Phi) is 4.37. The van der Waals surface area contributed by atoms with Gasteiger partial charge in [-0.2, -0.15) is 0 Å². The van der Waals surface area contributed by atoms with Gasteiger partial charge in [-0.05, 0) is 24.6 Å². The van der Waals surface area contributed by atoms with Crippen LogP contribution in [0.5, 0.6) is 0 Å². The second-order valence-electron chi connectivity index (χ2n) is 6.05. The number of H-pyrrole nitrogens is 1. The number of imidazole rings is 1. The van der Waals surface area contributed by atoms with E-state index in [2.05, 4.69) is 15.0 Å². The number of aryl methyl sites for hydroxylation is 1. The zero-order chi connectivity index (χ0) is 19.0. The van der Waals surface area contributed by atoms with E-state index in [1.807, 2.05) is 37.3 Å². The third-order valence-electron chi connectivity index (χ3n) is 4.37. The number of rotatable bonds is 4. The van der Waals surface area contributed by atoms with E-state index in [4.69, 9.17) is 11.6 Å². The largest absolute Gasteiger partial charge is 0.330 e. The Morgan fingerprint density at radius 2 is 1.85 bits per heavy atom. The van der Waals surface area contributed by atoms with Gasteiger partial charge < -0.3 is 4.57 Å².